The van der Waals surface area contributed by atoms with Gasteiger partial charge in [-0.1, -0.05) is 11.8 Å². The van der Waals surface area contributed by atoms with Crippen LogP contribution >= 0.6 is 23.5 Å². The molecule has 2 aliphatic rings. The summed E-state index contributed by atoms with van der Waals surface area (Å²) in [6.45, 7) is 1.85. The zero-order chi connectivity index (χ0) is 13.4. The Morgan fingerprint density at radius 3 is 2.89 bits per heavy atom. The fourth-order valence-corrected chi connectivity index (χ4v) is 4.46. The minimum Gasteiger partial charge on any atom is -0.477 e. The Labute approximate surface area is 113 Å². The molecule has 1 fully saturated rings. The standard InChI is InChI=1S/C10H14N2O4S2/c1-4(11)3-17-10-5(9(14)15)12-7(13)6(16-2)8(12)18-10/h4,6,8H,3,11H2,1-2H3,(H,14,15)/t4?,6?,8-/m0/s1. The Kier molecular flexibility index (Phi) is 3.90. The number of carbonyl (C=O) groups excluding carboxylic acids is 1. The highest BCUT2D eigenvalue weighted by molar-refractivity contribution is 8.22. The second-order valence-corrected chi connectivity index (χ2v) is 6.52. The molecular formula is C10H14N2O4S2. The number of nitrogens with two attached hydrogens (primary N) is 1. The van der Waals surface area contributed by atoms with Gasteiger partial charge in [-0.05, 0) is 6.92 Å². The lowest BCUT2D eigenvalue weighted by Crippen LogP contribution is -2.61. The van der Waals surface area contributed by atoms with E-state index in [4.69, 9.17) is 10.5 Å². The number of hydrogen-bond acceptors (Lipinski definition) is 6. The van der Waals surface area contributed by atoms with Gasteiger partial charge in [0.15, 0.2) is 11.8 Å². The van der Waals surface area contributed by atoms with Crippen LogP contribution in [0.2, 0.25) is 0 Å². The Balaban J connectivity index is 2.18. The van der Waals surface area contributed by atoms with E-state index in [1.54, 1.807) is 0 Å². The molecule has 2 aliphatic heterocycles. The third kappa shape index (κ3) is 2.13. The second-order valence-electron chi connectivity index (χ2n) is 4.10. The lowest BCUT2D eigenvalue weighted by molar-refractivity contribution is -0.161. The van der Waals surface area contributed by atoms with Gasteiger partial charge in [0.1, 0.15) is 5.37 Å². The highest BCUT2D eigenvalue weighted by Crippen LogP contribution is 2.51. The highest BCUT2D eigenvalue weighted by Gasteiger charge is 2.56. The third-order valence-electron chi connectivity index (χ3n) is 2.59. The van der Waals surface area contributed by atoms with E-state index < -0.39 is 12.1 Å². The Morgan fingerprint density at radius 1 is 1.72 bits per heavy atom. The number of carbonyl (C=O) groups is 2. The normalized spacial score (nSPS) is 28.2. The summed E-state index contributed by atoms with van der Waals surface area (Å²) in [6.07, 6.45) is -0.544. The number of methoxy groups -OCH3 is 1. The number of amides is 1. The van der Waals surface area contributed by atoms with Gasteiger partial charge in [0, 0.05) is 18.9 Å². The van der Waals surface area contributed by atoms with E-state index >= 15 is 0 Å². The van der Waals surface area contributed by atoms with Crippen LogP contribution in [0.3, 0.4) is 0 Å². The van der Waals surface area contributed by atoms with Crippen LogP contribution in [-0.4, -0.2) is 52.3 Å². The number of carboxylic acids is 1. The van der Waals surface area contributed by atoms with E-state index in [2.05, 4.69) is 0 Å². The molecule has 18 heavy (non-hydrogen) atoms. The van der Waals surface area contributed by atoms with Crippen molar-refractivity contribution in [1.82, 2.24) is 4.90 Å². The first-order valence-electron chi connectivity index (χ1n) is 5.35. The van der Waals surface area contributed by atoms with Crippen LogP contribution in [0, 0.1) is 0 Å². The predicted molar refractivity (Wildman–Crippen MR) is 69.8 cm³/mol. The number of thioether (sulfide) groups is 2. The topological polar surface area (TPSA) is 92.9 Å². The van der Waals surface area contributed by atoms with Gasteiger partial charge in [0.25, 0.3) is 5.91 Å². The number of β-lactam (4-membered cyclic amide) rings is 1. The molecule has 8 heteroatoms. The van der Waals surface area contributed by atoms with E-state index in [1.807, 2.05) is 6.92 Å². The number of hydrogen-bond donors (Lipinski definition) is 2. The molecule has 0 spiro atoms. The van der Waals surface area contributed by atoms with Gasteiger partial charge in [0.05, 0.1) is 4.24 Å². The quantitative estimate of drug-likeness (QED) is 0.701. The van der Waals surface area contributed by atoms with Crippen molar-refractivity contribution in [2.45, 2.75) is 24.4 Å². The van der Waals surface area contributed by atoms with Crippen molar-refractivity contribution >= 4 is 35.4 Å². The Morgan fingerprint density at radius 2 is 2.39 bits per heavy atom. The Hall–Kier alpha value is -0.700. The summed E-state index contributed by atoms with van der Waals surface area (Å²) >= 11 is 2.74. The number of carboxylic acid groups (broad SMARTS) is 1. The number of rotatable bonds is 5. The molecule has 0 aromatic carbocycles. The molecule has 1 saturated heterocycles. The lowest BCUT2D eigenvalue weighted by atomic mass is 10.1. The predicted octanol–water partition coefficient (Wildman–Crippen LogP) is 0.251. The summed E-state index contributed by atoms with van der Waals surface area (Å²) < 4.78 is 5.69. The average Bonchev–Trinajstić information content (AvgIpc) is 2.62. The van der Waals surface area contributed by atoms with Crippen LogP contribution in [0.5, 0.6) is 0 Å². The molecule has 6 nitrogen and oxygen atoms in total. The van der Waals surface area contributed by atoms with Crippen molar-refractivity contribution in [2.24, 2.45) is 5.73 Å². The number of ether oxygens (including phenoxy) is 1. The summed E-state index contributed by atoms with van der Waals surface area (Å²) in [5.41, 5.74) is 5.72. The third-order valence-corrected chi connectivity index (χ3v) is 5.49. The number of fused-ring (bicyclic) bond motifs is 1. The summed E-state index contributed by atoms with van der Waals surface area (Å²) in [4.78, 5) is 24.3. The zero-order valence-corrected chi connectivity index (χ0v) is 11.6. The SMILES string of the molecule is COC1C(=O)N2C(C(=O)O)=C(SCC(C)N)S[C@@H]12. The molecule has 1 amide bonds. The molecule has 0 aliphatic carbocycles. The van der Waals surface area contributed by atoms with Crippen LogP contribution in [0.4, 0.5) is 0 Å². The summed E-state index contributed by atoms with van der Waals surface area (Å²) in [5, 5.41) is 8.95. The molecule has 3 atom stereocenters. The second kappa shape index (κ2) is 5.12. The van der Waals surface area contributed by atoms with Crippen LogP contribution in [-0.2, 0) is 14.3 Å². The molecule has 2 unspecified atom stereocenters. The summed E-state index contributed by atoms with van der Waals surface area (Å²) in [7, 11) is 1.45. The van der Waals surface area contributed by atoms with Gasteiger partial charge in [-0.25, -0.2) is 4.79 Å². The van der Waals surface area contributed by atoms with Gasteiger partial charge in [0.2, 0.25) is 0 Å². The van der Waals surface area contributed by atoms with E-state index in [0.717, 1.165) is 0 Å². The fourth-order valence-electron chi connectivity index (χ4n) is 1.77. The van der Waals surface area contributed by atoms with E-state index in [1.165, 1.54) is 35.5 Å². The first-order valence-corrected chi connectivity index (χ1v) is 7.22. The largest absolute Gasteiger partial charge is 0.477 e. The fraction of sp³-hybridized carbons (Fsp3) is 0.600. The molecule has 3 N–H and O–H groups in total. The summed E-state index contributed by atoms with van der Waals surface area (Å²) in [6, 6.07) is -0.0275. The monoisotopic (exact) mass is 290 g/mol. The lowest BCUT2D eigenvalue weighted by Gasteiger charge is -2.40. The van der Waals surface area contributed by atoms with Crippen molar-refractivity contribution in [3.63, 3.8) is 0 Å². The Bertz CT molecular complexity index is 424. The molecule has 100 valence electrons. The summed E-state index contributed by atoms with van der Waals surface area (Å²) in [5.74, 6) is -0.755. The molecule has 0 radical (unpaired) electrons. The van der Waals surface area contributed by atoms with E-state index in [0.29, 0.717) is 9.99 Å². The van der Waals surface area contributed by atoms with Gasteiger partial charge in [-0.2, -0.15) is 0 Å². The highest BCUT2D eigenvalue weighted by atomic mass is 32.2. The van der Waals surface area contributed by atoms with Crippen molar-refractivity contribution in [1.29, 1.82) is 0 Å². The van der Waals surface area contributed by atoms with Crippen LogP contribution < -0.4 is 5.73 Å². The maximum atomic E-state index is 11.7. The van der Waals surface area contributed by atoms with Crippen molar-refractivity contribution in [3.8, 4) is 0 Å². The number of nitrogens with zero attached hydrogens (tertiary/aromatic N) is 1. The van der Waals surface area contributed by atoms with E-state index in [-0.39, 0.29) is 23.0 Å². The van der Waals surface area contributed by atoms with Gasteiger partial charge in [-0.3, -0.25) is 9.69 Å². The minimum absolute atomic E-state index is 0.0275. The van der Waals surface area contributed by atoms with Gasteiger partial charge >= 0.3 is 5.97 Å². The molecule has 0 aromatic heterocycles. The molecular weight excluding hydrogens is 276 g/mol. The first-order chi connectivity index (χ1) is 8.47. The van der Waals surface area contributed by atoms with Crippen molar-refractivity contribution in [3.05, 3.63) is 9.93 Å². The number of aliphatic carboxylic acids is 1. The average molecular weight is 290 g/mol. The van der Waals surface area contributed by atoms with E-state index in [9.17, 15) is 14.7 Å². The van der Waals surface area contributed by atoms with Crippen LogP contribution in [0.1, 0.15) is 6.92 Å². The smallest absolute Gasteiger partial charge is 0.354 e. The maximum Gasteiger partial charge on any atom is 0.354 e. The molecule has 0 bridgehead atoms. The van der Waals surface area contributed by atoms with Gasteiger partial charge in [-0.15, -0.1) is 11.8 Å². The molecule has 0 aromatic rings. The van der Waals surface area contributed by atoms with Crippen molar-refractivity contribution in [2.75, 3.05) is 12.9 Å². The molecule has 2 rings (SSSR count). The minimum atomic E-state index is -1.08. The van der Waals surface area contributed by atoms with Gasteiger partial charge < -0.3 is 15.6 Å². The van der Waals surface area contributed by atoms with Crippen LogP contribution in [0.15, 0.2) is 9.93 Å². The van der Waals surface area contributed by atoms with Crippen molar-refractivity contribution < 1.29 is 19.4 Å². The first kappa shape index (κ1) is 13.7. The maximum absolute atomic E-state index is 11.7. The van der Waals surface area contributed by atoms with Crippen LogP contribution in [0.25, 0.3) is 0 Å². The molecule has 0 saturated carbocycles. The molecule has 2 heterocycles. The zero-order valence-electron chi connectivity index (χ0n) is 9.95.